The molecule has 0 aliphatic carbocycles. The molecule has 0 N–H and O–H groups in total. The van der Waals surface area contributed by atoms with E-state index in [-0.39, 0.29) is 4.32 Å². The summed E-state index contributed by atoms with van der Waals surface area (Å²) in [7, 11) is 0. The molecule has 1 aromatic heterocycles. The van der Waals surface area contributed by atoms with Crippen molar-refractivity contribution in [2.75, 3.05) is 0 Å². The number of nitrogens with zero attached hydrogens (tertiary/aromatic N) is 1. The van der Waals surface area contributed by atoms with Crippen LogP contribution >= 0.6 is 24.0 Å². The van der Waals surface area contributed by atoms with Crippen LogP contribution in [0.25, 0.3) is 6.08 Å². The van der Waals surface area contributed by atoms with E-state index in [4.69, 9.17) is 16.6 Å². The van der Waals surface area contributed by atoms with Crippen LogP contribution < -0.4 is 5.11 Å². The topological polar surface area (TPSA) is 73.6 Å². The molecule has 2 rings (SSSR count). The minimum absolute atomic E-state index is 0.233. The van der Waals surface area contributed by atoms with Gasteiger partial charge >= 0.3 is 0 Å². The molecular weight excluding hydrogens is 310 g/mol. The van der Waals surface area contributed by atoms with E-state index in [0.29, 0.717) is 23.5 Å². The van der Waals surface area contributed by atoms with Gasteiger partial charge in [0.25, 0.3) is 5.91 Å². The fourth-order valence-corrected chi connectivity index (χ4v) is 3.37. The molecule has 0 saturated carbocycles. The van der Waals surface area contributed by atoms with E-state index in [1.165, 1.54) is 0 Å². The van der Waals surface area contributed by atoms with E-state index in [0.717, 1.165) is 22.4 Å². The number of carboxylic acids is 1. The number of carbonyl (C=O) groups is 2. The lowest BCUT2D eigenvalue weighted by Gasteiger charge is -2.27. The van der Waals surface area contributed by atoms with Crippen LogP contribution in [0.5, 0.6) is 0 Å². The normalized spacial score (nSPS) is 18.6. The summed E-state index contributed by atoms with van der Waals surface area (Å²) in [6, 6.07) is 2.50. The van der Waals surface area contributed by atoms with Crippen LogP contribution in [-0.2, 0) is 9.59 Å². The second-order valence-corrected chi connectivity index (χ2v) is 6.30. The number of hydrogen-bond donors (Lipinski definition) is 0. The molecule has 0 radical (unpaired) electrons. The summed E-state index contributed by atoms with van der Waals surface area (Å²) >= 11 is 6.21. The van der Waals surface area contributed by atoms with Crippen LogP contribution in [0.1, 0.15) is 31.3 Å². The first-order valence-corrected chi connectivity index (χ1v) is 7.71. The summed E-state index contributed by atoms with van der Waals surface area (Å²) in [6.45, 7) is 3.64. The Hall–Kier alpha value is -1.60. The molecule has 0 spiro atoms. The Morgan fingerprint density at radius 3 is 2.81 bits per heavy atom. The first-order valence-electron chi connectivity index (χ1n) is 6.48. The lowest BCUT2D eigenvalue weighted by atomic mass is 10.1. The third kappa shape index (κ3) is 3.36. The van der Waals surface area contributed by atoms with Crippen molar-refractivity contribution < 1.29 is 19.1 Å². The van der Waals surface area contributed by atoms with Crippen molar-refractivity contribution >= 4 is 46.3 Å². The van der Waals surface area contributed by atoms with Gasteiger partial charge in [0.1, 0.15) is 15.8 Å². The zero-order chi connectivity index (χ0) is 15.6. The summed E-state index contributed by atoms with van der Waals surface area (Å²) in [5.74, 6) is -0.436. The molecular formula is C14H14NO4S2-. The Labute approximate surface area is 132 Å². The quantitative estimate of drug-likeness (QED) is 0.606. The Kier molecular flexibility index (Phi) is 4.84. The largest absolute Gasteiger partial charge is 0.548 e. The smallest absolute Gasteiger partial charge is 0.266 e. The molecule has 1 aliphatic rings. The SMILES string of the molecule is CCC[C@@H](C(=O)[O-])N1C(=O)/C(=C\c2ccc(C)o2)SC1=S. The minimum atomic E-state index is -1.29. The van der Waals surface area contributed by atoms with Crippen molar-refractivity contribution in [3.63, 3.8) is 0 Å². The van der Waals surface area contributed by atoms with Crippen molar-refractivity contribution in [2.45, 2.75) is 32.7 Å². The lowest BCUT2D eigenvalue weighted by molar-refractivity contribution is -0.310. The zero-order valence-corrected chi connectivity index (χ0v) is 13.3. The van der Waals surface area contributed by atoms with Crippen molar-refractivity contribution in [3.05, 3.63) is 28.6 Å². The van der Waals surface area contributed by atoms with Crippen LogP contribution in [0.2, 0.25) is 0 Å². The number of furan rings is 1. The van der Waals surface area contributed by atoms with Crippen molar-refractivity contribution in [2.24, 2.45) is 0 Å². The Balaban J connectivity index is 2.27. The summed E-state index contributed by atoms with van der Waals surface area (Å²) in [5.41, 5.74) is 0. The maximum atomic E-state index is 12.4. The third-order valence-electron chi connectivity index (χ3n) is 3.00. The van der Waals surface area contributed by atoms with Gasteiger partial charge < -0.3 is 14.3 Å². The van der Waals surface area contributed by atoms with E-state index >= 15 is 0 Å². The van der Waals surface area contributed by atoms with Crippen molar-refractivity contribution in [1.82, 2.24) is 4.90 Å². The molecule has 21 heavy (non-hydrogen) atoms. The van der Waals surface area contributed by atoms with Crippen molar-refractivity contribution in [3.8, 4) is 0 Å². The monoisotopic (exact) mass is 324 g/mol. The number of aryl methyl sites for hydroxylation is 1. The number of thiocarbonyl (C=S) groups is 1. The molecule has 0 bridgehead atoms. The standard InChI is InChI=1S/C14H15NO4S2/c1-3-4-10(13(17)18)15-12(16)11(21-14(15)20)7-9-6-5-8(2)19-9/h5-7,10H,3-4H2,1-2H3,(H,17,18)/p-1/b11-7+/t10-/m0/s1. The average Bonchev–Trinajstić information content (AvgIpc) is 2.93. The number of carboxylic acid groups (broad SMARTS) is 1. The highest BCUT2D eigenvalue weighted by molar-refractivity contribution is 8.26. The number of hydrogen-bond acceptors (Lipinski definition) is 6. The molecule has 1 saturated heterocycles. The van der Waals surface area contributed by atoms with E-state index in [9.17, 15) is 14.7 Å². The van der Waals surface area contributed by atoms with Gasteiger partial charge in [0.2, 0.25) is 0 Å². The van der Waals surface area contributed by atoms with Gasteiger partial charge in [0, 0.05) is 6.08 Å². The third-order valence-corrected chi connectivity index (χ3v) is 4.33. The van der Waals surface area contributed by atoms with Gasteiger partial charge in [-0.3, -0.25) is 9.69 Å². The van der Waals surface area contributed by atoms with Crippen LogP contribution in [0.15, 0.2) is 21.5 Å². The molecule has 2 heterocycles. The van der Waals surface area contributed by atoms with Gasteiger partial charge in [-0.05, 0) is 25.5 Å². The molecule has 5 nitrogen and oxygen atoms in total. The van der Waals surface area contributed by atoms with Gasteiger partial charge in [-0.15, -0.1) is 0 Å². The van der Waals surface area contributed by atoms with Gasteiger partial charge in [0.15, 0.2) is 0 Å². The van der Waals surface area contributed by atoms with E-state index < -0.39 is 17.9 Å². The van der Waals surface area contributed by atoms with Crippen LogP contribution in [0.3, 0.4) is 0 Å². The Morgan fingerprint density at radius 1 is 1.57 bits per heavy atom. The molecule has 1 aliphatic heterocycles. The average molecular weight is 324 g/mol. The summed E-state index contributed by atoms with van der Waals surface area (Å²) in [6.07, 6.45) is 2.50. The maximum Gasteiger partial charge on any atom is 0.266 e. The maximum absolute atomic E-state index is 12.4. The molecule has 1 fully saturated rings. The highest BCUT2D eigenvalue weighted by atomic mass is 32.2. The predicted octanol–water partition coefficient (Wildman–Crippen LogP) is 1.71. The number of carbonyl (C=O) groups excluding carboxylic acids is 2. The fourth-order valence-electron chi connectivity index (χ4n) is 2.03. The van der Waals surface area contributed by atoms with Crippen LogP contribution in [0, 0.1) is 6.92 Å². The number of thioether (sulfide) groups is 1. The molecule has 7 heteroatoms. The minimum Gasteiger partial charge on any atom is -0.548 e. The molecule has 1 aromatic rings. The molecule has 112 valence electrons. The van der Waals surface area contributed by atoms with E-state index in [2.05, 4.69) is 0 Å². The fraction of sp³-hybridized carbons (Fsp3) is 0.357. The zero-order valence-electron chi connectivity index (χ0n) is 11.6. The Morgan fingerprint density at radius 2 is 2.29 bits per heavy atom. The van der Waals surface area contributed by atoms with Gasteiger partial charge in [0.05, 0.1) is 16.9 Å². The predicted molar refractivity (Wildman–Crippen MR) is 82.2 cm³/mol. The summed E-state index contributed by atoms with van der Waals surface area (Å²) < 4.78 is 5.62. The lowest BCUT2D eigenvalue weighted by Crippen LogP contribution is -2.49. The van der Waals surface area contributed by atoms with Crippen molar-refractivity contribution in [1.29, 1.82) is 0 Å². The van der Waals surface area contributed by atoms with Gasteiger partial charge in [-0.2, -0.15) is 0 Å². The van der Waals surface area contributed by atoms with Crippen LogP contribution in [0.4, 0.5) is 0 Å². The van der Waals surface area contributed by atoms with Gasteiger partial charge in [-0.25, -0.2) is 0 Å². The second kappa shape index (κ2) is 6.44. The first-order chi connectivity index (χ1) is 9.93. The highest BCUT2D eigenvalue weighted by Crippen LogP contribution is 2.34. The highest BCUT2D eigenvalue weighted by Gasteiger charge is 2.37. The number of aliphatic carboxylic acids is 1. The summed E-state index contributed by atoms with van der Waals surface area (Å²) in [5, 5.41) is 11.2. The first kappa shape index (κ1) is 15.8. The molecule has 0 aromatic carbocycles. The van der Waals surface area contributed by atoms with E-state index in [1.807, 2.05) is 6.92 Å². The molecule has 1 atom stereocenters. The second-order valence-electron chi connectivity index (χ2n) is 4.62. The van der Waals surface area contributed by atoms with E-state index in [1.54, 1.807) is 25.1 Å². The van der Waals surface area contributed by atoms with Gasteiger partial charge in [-0.1, -0.05) is 37.3 Å². The Bertz CT molecular complexity index is 620. The number of amides is 1. The number of rotatable bonds is 5. The van der Waals surface area contributed by atoms with Crippen LogP contribution in [-0.4, -0.2) is 27.1 Å². The molecule has 0 unspecified atom stereocenters. The summed E-state index contributed by atoms with van der Waals surface area (Å²) in [4.78, 5) is 25.1. The molecule has 1 amide bonds.